The van der Waals surface area contributed by atoms with Gasteiger partial charge in [-0.05, 0) is 32.0 Å². The molecule has 13 heavy (non-hydrogen) atoms. The van der Waals surface area contributed by atoms with Crippen molar-refractivity contribution in [2.45, 2.75) is 19.4 Å². The van der Waals surface area contributed by atoms with Crippen molar-refractivity contribution in [3.05, 3.63) is 33.8 Å². The third-order valence-corrected chi connectivity index (χ3v) is 2.69. The molecule has 1 aromatic rings. The van der Waals surface area contributed by atoms with Gasteiger partial charge in [-0.1, -0.05) is 15.9 Å². The molecule has 0 atom stereocenters. The Bertz CT molecular complexity index is 383. The molecule has 1 aliphatic heterocycles. The van der Waals surface area contributed by atoms with Crippen molar-refractivity contribution in [1.29, 1.82) is 0 Å². The predicted octanol–water partition coefficient (Wildman–Crippen LogP) is 2.85. The van der Waals surface area contributed by atoms with Crippen LogP contribution in [-0.2, 0) is 10.3 Å². The van der Waals surface area contributed by atoms with E-state index in [1.165, 1.54) is 0 Å². The minimum absolute atomic E-state index is 0.229. The minimum Gasteiger partial charge on any atom is -0.451 e. The summed E-state index contributed by atoms with van der Waals surface area (Å²) < 4.78 is 6.18. The third-order valence-electron chi connectivity index (χ3n) is 2.20. The molecule has 0 N–H and O–H groups in total. The van der Waals surface area contributed by atoms with Crippen molar-refractivity contribution in [2.24, 2.45) is 0 Å². The molecule has 68 valence electrons. The first-order valence-corrected chi connectivity index (χ1v) is 4.83. The van der Waals surface area contributed by atoms with Crippen LogP contribution in [0.25, 0.3) is 0 Å². The largest absolute Gasteiger partial charge is 0.451 e. The Hall–Kier alpha value is -0.830. The number of rotatable bonds is 0. The molecule has 0 fully saturated rings. The zero-order chi connectivity index (χ0) is 9.64. The molecule has 0 aliphatic carbocycles. The first-order valence-electron chi connectivity index (χ1n) is 4.04. The smallest absolute Gasteiger partial charge is 0.339 e. The van der Waals surface area contributed by atoms with Crippen LogP contribution in [0.5, 0.6) is 0 Å². The van der Waals surface area contributed by atoms with Crippen molar-refractivity contribution < 1.29 is 9.53 Å². The van der Waals surface area contributed by atoms with Gasteiger partial charge in [0.2, 0.25) is 0 Å². The molecule has 0 amide bonds. The highest BCUT2D eigenvalue weighted by Gasteiger charge is 2.37. The molecule has 0 saturated carbocycles. The van der Waals surface area contributed by atoms with Gasteiger partial charge in [0.15, 0.2) is 0 Å². The third kappa shape index (κ3) is 1.27. The van der Waals surface area contributed by atoms with E-state index in [0.717, 1.165) is 10.0 Å². The highest BCUT2D eigenvalue weighted by Crippen LogP contribution is 2.36. The number of benzene rings is 1. The molecule has 3 heteroatoms. The number of hydrogen-bond donors (Lipinski definition) is 0. The van der Waals surface area contributed by atoms with Gasteiger partial charge in [0.1, 0.15) is 5.60 Å². The number of cyclic esters (lactones) is 1. The summed E-state index contributed by atoms with van der Waals surface area (Å²) in [7, 11) is 0. The van der Waals surface area contributed by atoms with E-state index < -0.39 is 5.60 Å². The molecule has 1 aromatic carbocycles. The zero-order valence-corrected chi connectivity index (χ0v) is 9.01. The van der Waals surface area contributed by atoms with Crippen LogP contribution in [0, 0.1) is 0 Å². The second-order valence-electron chi connectivity index (χ2n) is 3.59. The standard InChI is InChI=1S/C10H9BrO2/c1-10(2)8-5-6(11)3-4-7(8)9(12)13-10/h3-5H,1-2H3. The van der Waals surface area contributed by atoms with Crippen LogP contribution in [-0.4, -0.2) is 5.97 Å². The zero-order valence-electron chi connectivity index (χ0n) is 7.43. The van der Waals surface area contributed by atoms with Gasteiger partial charge in [-0.15, -0.1) is 0 Å². The average molecular weight is 241 g/mol. The lowest BCUT2D eigenvalue weighted by molar-refractivity contribution is 0.00953. The molecular formula is C10H9BrO2. The molecule has 0 unspecified atom stereocenters. The van der Waals surface area contributed by atoms with E-state index >= 15 is 0 Å². The molecule has 2 nitrogen and oxygen atoms in total. The van der Waals surface area contributed by atoms with E-state index in [4.69, 9.17) is 4.74 Å². The van der Waals surface area contributed by atoms with E-state index in [-0.39, 0.29) is 5.97 Å². The molecule has 1 aliphatic rings. The normalized spacial score (nSPS) is 18.2. The number of carbonyl (C=O) groups is 1. The molecule has 0 spiro atoms. The summed E-state index contributed by atoms with van der Waals surface area (Å²) in [5, 5.41) is 0. The van der Waals surface area contributed by atoms with Gasteiger partial charge in [0, 0.05) is 10.0 Å². The van der Waals surface area contributed by atoms with Crippen LogP contribution in [0.1, 0.15) is 29.8 Å². The molecule has 0 saturated heterocycles. The topological polar surface area (TPSA) is 26.3 Å². The van der Waals surface area contributed by atoms with Gasteiger partial charge < -0.3 is 4.74 Å². The van der Waals surface area contributed by atoms with E-state index in [1.807, 2.05) is 26.0 Å². The summed E-state index contributed by atoms with van der Waals surface area (Å²) in [5.74, 6) is -0.229. The summed E-state index contributed by atoms with van der Waals surface area (Å²) in [5.41, 5.74) is 1.14. The maximum Gasteiger partial charge on any atom is 0.339 e. The van der Waals surface area contributed by atoms with Crippen molar-refractivity contribution >= 4 is 21.9 Å². The highest BCUT2D eigenvalue weighted by molar-refractivity contribution is 9.10. The summed E-state index contributed by atoms with van der Waals surface area (Å²) in [4.78, 5) is 11.4. The first-order chi connectivity index (χ1) is 6.00. The summed E-state index contributed by atoms with van der Waals surface area (Å²) in [6.45, 7) is 3.78. The van der Waals surface area contributed by atoms with E-state index in [2.05, 4.69) is 15.9 Å². The monoisotopic (exact) mass is 240 g/mol. The first kappa shape index (κ1) is 8.75. The molecule has 1 heterocycles. The number of hydrogen-bond acceptors (Lipinski definition) is 2. The lowest BCUT2D eigenvalue weighted by atomic mass is 9.96. The number of halogens is 1. The fourth-order valence-corrected chi connectivity index (χ4v) is 1.90. The molecule has 0 bridgehead atoms. The highest BCUT2D eigenvalue weighted by atomic mass is 79.9. The predicted molar refractivity (Wildman–Crippen MR) is 52.6 cm³/mol. The summed E-state index contributed by atoms with van der Waals surface area (Å²) in [6.07, 6.45) is 0. The lowest BCUT2D eigenvalue weighted by Gasteiger charge is -2.17. The summed E-state index contributed by atoms with van der Waals surface area (Å²) >= 11 is 3.37. The van der Waals surface area contributed by atoms with Gasteiger partial charge in [-0.25, -0.2) is 4.79 Å². The Labute approximate surface area is 85.0 Å². The minimum atomic E-state index is -0.490. The fraction of sp³-hybridized carbons (Fsp3) is 0.300. The Morgan fingerprint density at radius 3 is 2.77 bits per heavy atom. The molecule has 2 rings (SSSR count). The molecule has 0 radical (unpaired) electrons. The van der Waals surface area contributed by atoms with Crippen molar-refractivity contribution in [3.63, 3.8) is 0 Å². The van der Waals surface area contributed by atoms with Gasteiger partial charge in [-0.3, -0.25) is 0 Å². The average Bonchev–Trinajstić information content (AvgIpc) is 2.23. The Morgan fingerprint density at radius 1 is 1.38 bits per heavy atom. The summed E-state index contributed by atoms with van der Waals surface area (Å²) in [6, 6.07) is 5.57. The Morgan fingerprint density at radius 2 is 2.08 bits per heavy atom. The van der Waals surface area contributed by atoms with Crippen LogP contribution in [0.3, 0.4) is 0 Å². The number of esters is 1. The fourth-order valence-electron chi connectivity index (χ4n) is 1.53. The lowest BCUT2D eigenvalue weighted by Crippen LogP contribution is -2.15. The van der Waals surface area contributed by atoms with Gasteiger partial charge in [0.25, 0.3) is 0 Å². The van der Waals surface area contributed by atoms with E-state index in [1.54, 1.807) is 6.07 Å². The number of carbonyl (C=O) groups excluding carboxylic acids is 1. The van der Waals surface area contributed by atoms with Crippen molar-refractivity contribution in [3.8, 4) is 0 Å². The van der Waals surface area contributed by atoms with Crippen LogP contribution in [0.4, 0.5) is 0 Å². The van der Waals surface area contributed by atoms with E-state index in [9.17, 15) is 4.79 Å². The van der Waals surface area contributed by atoms with Crippen LogP contribution >= 0.6 is 15.9 Å². The van der Waals surface area contributed by atoms with Crippen LogP contribution < -0.4 is 0 Å². The SMILES string of the molecule is CC1(C)OC(=O)c2ccc(Br)cc21. The van der Waals surface area contributed by atoms with Crippen molar-refractivity contribution in [1.82, 2.24) is 0 Å². The Balaban J connectivity index is 2.66. The van der Waals surface area contributed by atoms with Gasteiger partial charge >= 0.3 is 5.97 Å². The second kappa shape index (κ2) is 2.58. The maximum absolute atomic E-state index is 11.4. The van der Waals surface area contributed by atoms with Crippen molar-refractivity contribution in [2.75, 3.05) is 0 Å². The number of fused-ring (bicyclic) bond motifs is 1. The van der Waals surface area contributed by atoms with Gasteiger partial charge in [-0.2, -0.15) is 0 Å². The second-order valence-corrected chi connectivity index (χ2v) is 4.51. The van der Waals surface area contributed by atoms with Crippen LogP contribution in [0.15, 0.2) is 22.7 Å². The Kier molecular flexibility index (Phi) is 1.74. The van der Waals surface area contributed by atoms with Gasteiger partial charge in [0.05, 0.1) is 5.56 Å². The maximum atomic E-state index is 11.4. The van der Waals surface area contributed by atoms with Crippen LogP contribution in [0.2, 0.25) is 0 Å². The molecule has 0 aromatic heterocycles. The number of ether oxygens (including phenoxy) is 1. The molecular weight excluding hydrogens is 232 g/mol. The quantitative estimate of drug-likeness (QED) is 0.653. The van der Waals surface area contributed by atoms with E-state index in [0.29, 0.717) is 5.56 Å².